The Morgan fingerprint density at radius 2 is 2.20 bits per heavy atom. The molecule has 7 heteroatoms. The quantitative estimate of drug-likeness (QED) is 0.422. The van der Waals surface area contributed by atoms with E-state index in [9.17, 15) is 8.42 Å². The van der Waals surface area contributed by atoms with Crippen LogP contribution >= 0.6 is 0 Å². The Labute approximate surface area is 120 Å². The van der Waals surface area contributed by atoms with Crippen LogP contribution in [-0.4, -0.2) is 46.0 Å². The van der Waals surface area contributed by atoms with E-state index in [0.717, 1.165) is 18.7 Å². The van der Waals surface area contributed by atoms with Gasteiger partial charge in [0.05, 0.1) is 12.0 Å². The molecule has 20 heavy (non-hydrogen) atoms. The predicted molar refractivity (Wildman–Crippen MR) is 80.7 cm³/mol. The van der Waals surface area contributed by atoms with Crippen molar-refractivity contribution in [2.24, 2.45) is 4.99 Å². The highest BCUT2D eigenvalue weighted by atomic mass is 32.2. The smallest absolute Gasteiger partial charge is 0.191 e. The Morgan fingerprint density at radius 1 is 1.40 bits per heavy atom. The molecule has 0 aromatic carbocycles. The van der Waals surface area contributed by atoms with Crippen molar-refractivity contribution < 1.29 is 12.8 Å². The van der Waals surface area contributed by atoms with Crippen LogP contribution in [0.25, 0.3) is 0 Å². The van der Waals surface area contributed by atoms with E-state index in [-0.39, 0.29) is 5.75 Å². The van der Waals surface area contributed by atoms with Gasteiger partial charge in [0.1, 0.15) is 15.6 Å². The minimum absolute atomic E-state index is 0.169. The maximum absolute atomic E-state index is 11.0. The Hall–Kier alpha value is -1.50. The van der Waals surface area contributed by atoms with Crippen LogP contribution in [0.4, 0.5) is 0 Å². The number of sulfone groups is 1. The number of hydrogen-bond acceptors (Lipinski definition) is 4. The highest BCUT2D eigenvalue weighted by Gasteiger charge is 2.02. The van der Waals surface area contributed by atoms with Gasteiger partial charge in [0.2, 0.25) is 0 Å². The van der Waals surface area contributed by atoms with Crippen molar-refractivity contribution in [3.63, 3.8) is 0 Å². The highest BCUT2D eigenvalue weighted by Crippen LogP contribution is 1.99. The summed E-state index contributed by atoms with van der Waals surface area (Å²) in [5.74, 6) is 1.79. The van der Waals surface area contributed by atoms with Gasteiger partial charge >= 0.3 is 0 Å². The molecular weight excluding hydrogens is 278 g/mol. The molecule has 0 radical (unpaired) electrons. The Morgan fingerprint density at radius 3 is 2.80 bits per heavy atom. The third kappa shape index (κ3) is 7.83. The van der Waals surface area contributed by atoms with Gasteiger partial charge in [-0.15, -0.1) is 0 Å². The summed E-state index contributed by atoms with van der Waals surface area (Å²) < 4.78 is 27.3. The van der Waals surface area contributed by atoms with Crippen LogP contribution in [-0.2, 0) is 16.3 Å². The number of nitrogens with zero attached hydrogens (tertiary/aromatic N) is 1. The molecule has 1 rings (SSSR count). The summed E-state index contributed by atoms with van der Waals surface area (Å²) in [6.45, 7) is 3.95. The minimum Gasteiger partial charge on any atom is -0.469 e. The molecule has 0 aliphatic rings. The Balaban J connectivity index is 2.31. The van der Waals surface area contributed by atoms with E-state index in [1.54, 1.807) is 6.26 Å². The summed E-state index contributed by atoms with van der Waals surface area (Å²) in [5.41, 5.74) is 0. The molecule has 0 fully saturated rings. The van der Waals surface area contributed by atoms with Crippen LogP contribution in [0.3, 0.4) is 0 Å². The molecule has 0 amide bonds. The van der Waals surface area contributed by atoms with Crippen molar-refractivity contribution in [1.82, 2.24) is 10.6 Å². The first-order chi connectivity index (χ1) is 9.51. The van der Waals surface area contributed by atoms with Crippen molar-refractivity contribution >= 4 is 15.8 Å². The summed E-state index contributed by atoms with van der Waals surface area (Å²) in [6.07, 6.45) is 4.21. The van der Waals surface area contributed by atoms with Gasteiger partial charge in [-0.2, -0.15) is 0 Å². The van der Waals surface area contributed by atoms with E-state index in [2.05, 4.69) is 15.6 Å². The molecule has 0 aliphatic carbocycles. The number of nitrogens with one attached hydrogen (secondary N) is 2. The van der Waals surface area contributed by atoms with Crippen LogP contribution in [0.5, 0.6) is 0 Å². The molecule has 1 heterocycles. The van der Waals surface area contributed by atoms with E-state index in [1.807, 2.05) is 19.1 Å². The topological polar surface area (TPSA) is 83.7 Å². The summed E-state index contributed by atoms with van der Waals surface area (Å²) >= 11 is 0. The molecule has 6 nitrogen and oxygen atoms in total. The fourth-order valence-corrected chi connectivity index (χ4v) is 2.27. The zero-order valence-electron chi connectivity index (χ0n) is 12.1. The van der Waals surface area contributed by atoms with E-state index in [0.29, 0.717) is 25.5 Å². The highest BCUT2D eigenvalue weighted by molar-refractivity contribution is 7.90. The second kappa shape index (κ2) is 8.63. The summed E-state index contributed by atoms with van der Waals surface area (Å²) in [6, 6.07) is 3.79. The number of hydrogen-bond donors (Lipinski definition) is 2. The molecule has 0 aliphatic heterocycles. The Kier molecular flexibility index (Phi) is 7.14. The van der Waals surface area contributed by atoms with Gasteiger partial charge in [0.15, 0.2) is 5.96 Å². The van der Waals surface area contributed by atoms with Gasteiger partial charge in [-0.25, -0.2) is 8.42 Å². The van der Waals surface area contributed by atoms with Gasteiger partial charge in [0, 0.05) is 32.3 Å². The van der Waals surface area contributed by atoms with Gasteiger partial charge in [0.25, 0.3) is 0 Å². The van der Waals surface area contributed by atoms with Crippen LogP contribution in [0.1, 0.15) is 19.1 Å². The summed E-state index contributed by atoms with van der Waals surface area (Å²) in [5, 5.41) is 6.31. The lowest BCUT2D eigenvalue weighted by Crippen LogP contribution is -2.38. The SMILES string of the molecule is CCNC(=NCCCS(C)(=O)=O)NCCc1ccco1. The molecular formula is C13H23N3O3S. The number of guanidine groups is 1. The van der Waals surface area contributed by atoms with E-state index in [1.165, 1.54) is 6.26 Å². The van der Waals surface area contributed by atoms with Crippen molar-refractivity contribution in [2.45, 2.75) is 19.8 Å². The fourth-order valence-electron chi connectivity index (χ4n) is 1.62. The molecule has 0 atom stereocenters. The first-order valence-corrected chi connectivity index (χ1v) is 8.79. The van der Waals surface area contributed by atoms with Gasteiger partial charge < -0.3 is 15.1 Å². The van der Waals surface area contributed by atoms with Gasteiger partial charge in [-0.3, -0.25) is 4.99 Å². The van der Waals surface area contributed by atoms with Crippen molar-refractivity contribution in [2.75, 3.05) is 31.6 Å². The third-order valence-corrected chi connectivity index (χ3v) is 3.56. The standard InChI is InChI=1S/C13H23N3O3S/c1-3-14-13(15-8-5-11-20(2,17)18)16-9-7-12-6-4-10-19-12/h4,6,10H,3,5,7-9,11H2,1-2H3,(H2,14,15,16). The lowest BCUT2D eigenvalue weighted by atomic mass is 10.3. The van der Waals surface area contributed by atoms with Crippen molar-refractivity contribution in [1.29, 1.82) is 0 Å². The maximum atomic E-state index is 11.0. The molecule has 1 aromatic rings. The number of aliphatic imine (C=N–C) groups is 1. The second-order valence-corrected chi connectivity index (χ2v) is 6.76. The molecule has 2 N–H and O–H groups in total. The predicted octanol–water partition coefficient (Wildman–Crippen LogP) is 0.812. The monoisotopic (exact) mass is 301 g/mol. The zero-order valence-corrected chi connectivity index (χ0v) is 12.9. The van der Waals surface area contributed by atoms with Crippen LogP contribution in [0, 0.1) is 0 Å². The molecule has 0 saturated heterocycles. The lowest BCUT2D eigenvalue weighted by Gasteiger charge is -2.10. The van der Waals surface area contributed by atoms with Crippen molar-refractivity contribution in [3.8, 4) is 0 Å². The van der Waals surface area contributed by atoms with E-state index >= 15 is 0 Å². The molecule has 114 valence electrons. The molecule has 0 spiro atoms. The van der Waals surface area contributed by atoms with Crippen molar-refractivity contribution in [3.05, 3.63) is 24.2 Å². The average molecular weight is 301 g/mol. The molecule has 0 saturated carbocycles. The normalized spacial score (nSPS) is 12.4. The third-order valence-electron chi connectivity index (χ3n) is 2.53. The molecule has 0 unspecified atom stereocenters. The largest absolute Gasteiger partial charge is 0.469 e. The number of furan rings is 1. The fraction of sp³-hybridized carbons (Fsp3) is 0.615. The van der Waals surface area contributed by atoms with Gasteiger partial charge in [-0.05, 0) is 25.5 Å². The lowest BCUT2D eigenvalue weighted by molar-refractivity contribution is 0.507. The second-order valence-electron chi connectivity index (χ2n) is 4.50. The van der Waals surface area contributed by atoms with Crippen LogP contribution < -0.4 is 10.6 Å². The summed E-state index contributed by atoms with van der Waals surface area (Å²) in [4.78, 5) is 4.33. The first-order valence-electron chi connectivity index (χ1n) is 6.73. The average Bonchev–Trinajstić information content (AvgIpc) is 2.86. The molecule has 0 bridgehead atoms. The van der Waals surface area contributed by atoms with E-state index in [4.69, 9.17) is 4.42 Å². The molecule has 1 aromatic heterocycles. The Bertz CT molecular complexity index is 495. The van der Waals surface area contributed by atoms with Crippen LogP contribution in [0.2, 0.25) is 0 Å². The maximum Gasteiger partial charge on any atom is 0.191 e. The minimum atomic E-state index is -2.90. The van der Waals surface area contributed by atoms with Gasteiger partial charge in [-0.1, -0.05) is 0 Å². The summed E-state index contributed by atoms with van der Waals surface area (Å²) in [7, 11) is -2.90. The van der Waals surface area contributed by atoms with E-state index < -0.39 is 9.84 Å². The number of rotatable bonds is 8. The first kappa shape index (κ1) is 16.6. The zero-order chi connectivity index (χ0) is 14.8. The van der Waals surface area contributed by atoms with Crippen LogP contribution in [0.15, 0.2) is 27.8 Å².